The van der Waals surface area contributed by atoms with Crippen LogP contribution in [-0.4, -0.2) is 22.0 Å². The molecule has 16 heavy (non-hydrogen) atoms. The standard InChI is InChI=1S/C10H10Br2N4/c1-13-4-7-5-15-10(16-7)9-8(12)2-6(11)3-14-9/h2-3,5,13H,4H2,1H3,(H,15,16). The van der Waals surface area contributed by atoms with Crippen LogP contribution in [-0.2, 0) is 6.54 Å². The zero-order valence-corrected chi connectivity index (χ0v) is 11.8. The molecule has 0 aliphatic heterocycles. The number of nitrogens with one attached hydrogen (secondary N) is 2. The molecule has 0 bridgehead atoms. The van der Waals surface area contributed by atoms with E-state index in [4.69, 9.17) is 0 Å². The maximum absolute atomic E-state index is 4.31. The van der Waals surface area contributed by atoms with Crippen molar-refractivity contribution in [2.24, 2.45) is 0 Å². The van der Waals surface area contributed by atoms with Crippen LogP contribution in [0.5, 0.6) is 0 Å². The fourth-order valence-corrected chi connectivity index (χ4v) is 2.52. The van der Waals surface area contributed by atoms with Gasteiger partial charge in [-0.15, -0.1) is 0 Å². The van der Waals surface area contributed by atoms with E-state index in [1.165, 1.54) is 0 Å². The van der Waals surface area contributed by atoms with Gasteiger partial charge in [-0.1, -0.05) is 0 Å². The minimum Gasteiger partial charge on any atom is -0.339 e. The molecule has 0 aliphatic rings. The van der Waals surface area contributed by atoms with E-state index in [1.807, 2.05) is 19.3 Å². The van der Waals surface area contributed by atoms with Crippen LogP contribution in [0.3, 0.4) is 0 Å². The number of nitrogens with zero attached hydrogens (tertiary/aromatic N) is 2. The Morgan fingerprint density at radius 2 is 2.12 bits per heavy atom. The number of aromatic nitrogens is 3. The maximum Gasteiger partial charge on any atom is 0.157 e. The zero-order valence-electron chi connectivity index (χ0n) is 8.59. The minimum absolute atomic E-state index is 0.765. The van der Waals surface area contributed by atoms with Crippen molar-refractivity contribution < 1.29 is 0 Å². The zero-order chi connectivity index (χ0) is 11.5. The van der Waals surface area contributed by atoms with Crippen LogP contribution in [0.15, 0.2) is 27.4 Å². The molecule has 84 valence electrons. The number of rotatable bonds is 3. The molecule has 0 unspecified atom stereocenters. The van der Waals surface area contributed by atoms with E-state index in [1.54, 1.807) is 6.20 Å². The lowest BCUT2D eigenvalue weighted by Crippen LogP contribution is -2.04. The number of imidazole rings is 1. The Hall–Kier alpha value is -0.720. The highest BCUT2D eigenvalue weighted by molar-refractivity contribution is 9.11. The lowest BCUT2D eigenvalue weighted by atomic mass is 10.3. The van der Waals surface area contributed by atoms with Crippen molar-refractivity contribution >= 4 is 31.9 Å². The minimum atomic E-state index is 0.765. The van der Waals surface area contributed by atoms with Gasteiger partial charge in [0.25, 0.3) is 0 Å². The Labute approximate surface area is 110 Å². The average molecular weight is 346 g/mol. The van der Waals surface area contributed by atoms with Gasteiger partial charge in [0.2, 0.25) is 0 Å². The summed E-state index contributed by atoms with van der Waals surface area (Å²) < 4.78 is 1.84. The van der Waals surface area contributed by atoms with Crippen LogP contribution in [0.4, 0.5) is 0 Å². The number of hydrogen-bond donors (Lipinski definition) is 2. The Kier molecular flexibility index (Phi) is 3.73. The molecule has 2 N–H and O–H groups in total. The molecule has 2 rings (SSSR count). The van der Waals surface area contributed by atoms with Crippen LogP contribution in [0.25, 0.3) is 11.5 Å². The van der Waals surface area contributed by atoms with Gasteiger partial charge in [0, 0.05) is 27.4 Å². The summed E-state index contributed by atoms with van der Waals surface area (Å²) in [6, 6.07) is 1.95. The molecule has 0 atom stereocenters. The number of hydrogen-bond acceptors (Lipinski definition) is 3. The highest BCUT2D eigenvalue weighted by atomic mass is 79.9. The first-order chi connectivity index (χ1) is 7.70. The molecule has 0 spiro atoms. The van der Waals surface area contributed by atoms with Crippen LogP contribution < -0.4 is 5.32 Å². The molecule has 0 amide bonds. The second kappa shape index (κ2) is 5.07. The summed E-state index contributed by atoms with van der Waals surface area (Å²) in [6.07, 6.45) is 3.56. The van der Waals surface area contributed by atoms with E-state index in [0.717, 1.165) is 32.7 Å². The topological polar surface area (TPSA) is 53.6 Å². The van der Waals surface area contributed by atoms with Gasteiger partial charge in [-0.3, -0.25) is 4.98 Å². The van der Waals surface area contributed by atoms with E-state index in [9.17, 15) is 0 Å². The normalized spacial score (nSPS) is 10.7. The quantitative estimate of drug-likeness (QED) is 0.899. The van der Waals surface area contributed by atoms with E-state index < -0.39 is 0 Å². The van der Waals surface area contributed by atoms with Crippen molar-refractivity contribution in [3.8, 4) is 11.5 Å². The summed E-state index contributed by atoms with van der Waals surface area (Å²) >= 11 is 6.83. The SMILES string of the molecule is CNCc1cnc(-c2ncc(Br)cc2Br)[nH]1. The smallest absolute Gasteiger partial charge is 0.157 e. The predicted molar refractivity (Wildman–Crippen MR) is 70.0 cm³/mol. The summed E-state index contributed by atoms with van der Waals surface area (Å²) in [5.41, 5.74) is 1.85. The van der Waals surface area contributed by atoms with Crippen LogP contribution in [0.1, 0.15) is 5.69 Å². The first kappa shape index (κ1) is 11.8. The lowest BCUT2D eigenvalue weighted by molar-refractivity contribution is 0.797. The second-order valence-corrected chi connectivity index (χ2v) is 5.04. The summed E-state index contributed by atoms with van der Waals surface area (Å²) in [7, 11) is 1.90. The third kappa shape index (κ3) is 2.50. The molecular weight excluding hydrogens is 336 g/mol. The largest absolute Gasteiger partial charge is 0.339 e. The summed E-state index contributed by atoms with van der Waals surface area (Å²) in [5, 5.41) is 3.06. The van der Waals surface area contributed by atoms with Crippen LogP contribution in [0.2, 0.25) is 0 Å². The highest BCUT2D eigenvalue weighted by Crippen LogP contribution is 2.26. The maximum atomic E-state index is 4.31. The molecular formula is C10H10Br2N4. The molecule has 0 saturated carbocycles. The molecule has 0 radical (unpaired) electrons. The van der Waals surface area contributed by atoms with Gasteiger partial charge in [-0.05, 0) is 45.0 Å². The van der Waals surface area contributed by atoms with Gasteiger partial charge >= 0.3 is 0 Å². The summed E-state index contributed by atoms with van der Waals surface area (Å²) in [4.78, 5) is 11.8. The Bertz CT molecular complexity index is 495. The number of H-pyrrole nitrogens is 1. The van der Waals surface area contributed by atoms with Crippen molar-refractivity contribution in [3.63, 3.8) is 0 Å². The molecule has 0 saturated heterocycles. The van der Waals surface area contributed by atoms with Gasteiger partial charge < -0.3 is 10.3 Å². The number of halogens is 2. The number of pyridine rings is 1. The third-order valence-corrected chi connectivity index (χ3v) is 3.07. The molecule has 4 nitrogen and oxygen atoms in total. The molecule has 2 heterocycles. The predicted octanol–water partition coefficient (Wildman–Crippen LogP) is 2.72. The Balaban J connectivity index is 2.35. The van der Waals surface area contributed by atoms with Crippen molar-refractivity contribution in [2.45, 2.75) is 6.54 Å². The summed E-state index contributed by atoms with van der Waals surface area (Å²) in [6.45, 7) is 0.765. The van der Waals surface area contributed by atoms with Gasteiger partial charge in [0.05, 0.1) is 6.20 Å². The number of aromatic amines is 1. The summed E-state index contributed by atoms with van der Waals surface area (Å²) in [5.74, 6) is 0.768. The van der Waals surface area contributed by atoms with Crippen LogP contribution >= 0.6 is 31.9 Å². The molecule has 0 fully saturated rings. The van der Waals surface area contributed by atoms with Crippen molar-refractivity contribution in [2.75, 3.05) is 7.05 Å². The first-order valence-corrected chi connectivity index (χ1v) is 6.29. The molecule has 6 heteroatoms. The third-order valence-electron chi connectivity index (χ3n) is 2.03. The van der Waals surface area contributed by atoms with Crippen molar-refractivity contribution in [1.29, 1.82) is 0 Å². The lowest BCUT2D eigenvalue weighted by Gasteiger charge is -2.00. The highest BCUT2D eigenvalue weighted by Gasteiger charge is 2.09. The van der Waals surface area contributed by atoms with Gasteiger partial charge in [-0.25, -0.2) is 4.98 Å². The fraction of sp³-hybridized carbons (Fsp3) is 0.200. The van der Waals surface area contributed by atoms with E-state index in [2.05, 4.69) is 52.1 Å². The fourth-order valence-electron chi connectivity index (χ4n) is 1.35. The van der Waals surface area contributed by atoms with Crippen LogP contribution in [0, 0.1) is 0 Å². The van der Waals surface area contributed by atoms with E-state index >= 15 is 0 Å². The van der Waals surface area contributed by atoms with Gasteiger partial charge in [0.1, 0.15) is 5.69 Å². The molecule has 2 aromatic heterocycles. The molecule has 0 aliphatic carbocycles. The van der Waals surface area contributed by atoms with E-state index in [-0.39, 0.29) is 0 Å². The second-order valence-electron chi connectivity index (χ2n) is 3.27. The Morgan fingerprint density at radius 1 is 1.31 bits per heavy atom. The van der Waals surface area contributed by atoms with E-state index in [0.29, 0.717) is 0 Å². The average Bonchev–Trinajstić information content (AvgIpc) is 2.67. The first-order valence-electron chi connectivity index (χ1n) is 4.70. The van der Waals surface area contributed by atoms with Gasteiger partial charge in [0.15, 0.2) is 5.82 Å². The van der Waals surface area contributed by atoms with Crippen molar-refractivity contribution in [1.82, 2.24) is 20.3 Å². The molecule has 2 aromatic rings. The molecule has 0 aromatic carbocycles. The monoisotopic (exact) mass is 344 g/mol. The Morgan fingerprint density at radius 3 is 2.81 bits per heavy atom. The van der Waals surface area contributed by atoms with Crippen molar-refractivity contribution in [3.05, 3.63) is 33.1 Å². The van der Waals surface area contributed by atoms with Gasteiger partial charge in [-0.2, -0.15) is 0 Å².